The SMILES string of the molecule is Nc1ccc(SCn2nnc3ccccc3c2=O)cc1. The first-order valence-electron chi connectivity index (χ1n) is 6.05. The molecule has 0 fully saturated rings. The van der Waals surface area contributed by atoms with Gasteiger partial charge in [-0.1, -0.05) is 17.3 Å². The molecule has 1 heterocycles. The highest BCUT2D eigenvalue weighted by Crippen LogP contribution is 2.20. The molecular formula is C14H12N4OS. The van der Waals surface area contributed by atoms with Crippen molar-refractivity contribution in [2.24, 2.45) is 0 Å². The Balaban J connectivity index is 1.86. The molecule has 3 aromatic rings. The van der Waals surface area contributed by atoms with Gasteiger partial charge in [-0.05, 0) is 36.4 Å². The molecule has 2 aromatic carbocycles. The van der Waals surface area contributed by atoms with Crippen molar-refractivity contribution in [3.63, 3.8) is 0 Å². The number of nitrogen functional groups attached to an aromatic ring is 1. The predicted octanol–water partition coefficient (Wildman–Crippen LogP) is 2.12. The van der Waals surface area contributed by atoms with Gasteiger partial charge >= 0.3 is 0 Å². The highest BCUT2D eigenvalue weighted by atomic mass is 32.2. The lowest BCUT2D eigenvalue weighted by atomic mass is 10.2. The van der Waals surface area contributed by atoms with Gasteiger partial charge in [-0.2, -0.15) is 0 Å². The van der Waals surface area contributed by atoms with Crippen LogP contribution in [0.5, 0.6) is 0 Å². The first-order valence-corrected chi connectivity index (χ1v) is 7.03. The van der Waals surface area contributed by atoms with Gasteiger partial charge in [0.2, 0.25) is 0 Å². The Hall–Kier alpha value is -2.34. The number of hydrogen-bond acceptors (Lipinski definition) is 5. The zero-order valence-corrected chi connectivity index (χ0v) is 11.4. The second-order valence-electron chi connectivity index (χ2n) is 4.25. The van der Waals surface area contributed by atoms with Gasteiger partial charge in [0.15, 0.2) is 0 Å². The molecule has 3 rings (SSSR count). The molecular weight excluding hydrogens is 272 g/mol. The predicted molar refractivity (Wildman–Crippen MR) is 80.5 cm³/mol. The summed E-state index contributed by atoms with van der Waals surface area (Å²) in [7, 11) is 0. The lowest BCUT2D eigenvalue weighted by Gasteiger charge is -2.05. The topological polar surface area (TPSA) is 73.8 Å². The van der Waals surface area contributed by atoms with Crippen molar-refractivity contribution in [3.05, 3.63) is 58.9 Å². The van der Waals surface area contributed by atoms with E-state index in [0.717, 1.165) is 10.6 Å². The quantitative estimate of drug-likeness (QED) is 0.589. The van der Waals surface area contributed by atoms with E-state index in [0.29, 0.717) is 16.8 Å². The zero-order chi connectivity index (χ0) is 13.9. The molecule has 0 saturated carbocycles. The van der Waals surface area contributed by atoms with Gasteiger partial charge in [0, 0.05) is 10.6 Å². The van der Waals surface area contributed by atoms with Crippen molar-refractivity contribution in [1.82, 2.24) is 15.0 Å². The third-order valence-electron chi connectivity index (χ3n) is 2.86. The lowest BCUT2D eigenvalue weighted by Crippen LogP contribution is -2.23. The van der Waals surface area contributed by atoms with Crippen LogP contribution in [0.1, 0.15) is 0 Å². The Bertz CT molecular complexity index is 798. The van der Waals surface area contributed by atoms with E-state index >= 15 is 0 Å². The first-order chi connectivity index (χ1) is 9.74. The van der Waals surface area contributed by atoms with E-state index in [4.69, 9.17) is 5.73 Å². The van der Waals surface area contributed by atoms with Gasteiger partial charge in [0.1, 0.15) is 5.52 Å². The molecule has 0 saturated heterocycles. The lowest BCUT2D eigenvalue weighted by molar-refractivity contribution is 0.645. The molecule has 5 nitrogen and oxygen atoms in total. The number of nitrogens with two attached hydrogens (primary N) is 1. The number of aromatic nitrogens is 3. The second-order valence-corrected chi connectivity index (χ2v) is 5.27. The third-order valence-corrected chi connectivity index (χ3v) is 3.84. The smallest absolute Gasteiger partial charge is 0.278 e. The molecule has 0 bridgehead atoms. The fourth-order valence-electron chi connectivity index (χ4n) is 1.81. The summed E-state index contributed by atoms with van der Waals surface area (Å²) in [6.45, 7) is 0. The maximum Gasteiger partial charge on any atom is 0.278 e. The number of thioether (sulfide) groups is 1. The summed E-state index contributed by atoms with van der Waals surface area (Å²) in [5, 5.41) is 8.58. The zero-order valence-electron chi connectivity index (χ0n) is 10.6. The highest BCUT2D eigenvalue weighted by molar-refractivity contribution is 7.98. The number of rotatable bonds is 3. The Morgan fingerprint density at radius 3 is 2.65 bits per heavy atom. The van der Waals surface area contributed by atoms with Crippen LogP contribution in [0.2, 0.25) is 0 Å². The minimum Gasteiger partial charge on any atom is -0.399 e. The van der Waals surface area contributed by atoms with Crippen molar-refractivity contribution in [2.75, 3.05) is 5.73 Å². The van der Waals surface area contributed by atoms with E-state index in [1.807, 2.05) is 36.4 Å². The van der Waals surface area contributed by atoms with Gasteiger partial charge < -0.3 is 5.73 Å². The Morgan fingerprint density at radius 1 is 1.10 bits per heavy atom. The van der Waals surface area contributed by atoms with Crippen molar-refractivity contribution in [1.29, 1.82) is 0 Å². The average molecular weight is 284 g/mol. The molecule has 0 aliphatic rings. The van der Waals surface area contributed by atoms with Crippen molar-refractivity contribution >= 4 is 28.4 Å². The summed E-state index contributed by atoms with van der Waals surface area (Å²) in [5.74, 6) is 0.417. The summed E-state index contributed by atoms with van der Waals surface area (Å²) in [6.07, 6.45) is 0. The van der Waals surface area contributed by atoms with Crippen LogP contribution in [0.4, 0.5) is 5.69 Å². The van der Waals surface area contributed by atoms with Gasteiger partial charge in [0.05, 0.1) is 11.3 Å². The molecule has 20 heavy (non-hydrogen) atoms. The number of hydrogen-bond donors (Lipinski definition) is 1. The van der Waals surface area contributed by atoms with Crippen LogP contribution < -0.4 is 11.3 Å². The van der Waals surface area contributed by atoms with Crippen LogP contribution in [-0.2, 0) is 5.88 Å². The minimum atomic E-state index is -0.126. The largest absolute Gasteiger partial charge is 0.399 e. The first kappa shape index (κ1) is 12.7. The standard InChI is InChI=1S/C14H12N4OS/c15-10-5-7-11(8-6-10)20-9-18-14(19)12-3-1-2-4-13(12)16-17-18/h1-8H,9,15H2. The van der Waals surface area contributed by atoms with Gasteiger partial charge in [-0.3, -0.25) is 4.79 Å². The molecule has 0 unspecified atom stereocenters. The Morgan fingerprint density at radius 2 is 1.85 bits per heavy atom. The summed E-state index contributed by atoms with van der Waals surface area (Å²) < 4.78 is 1.36. The van der Waals surface area contributed by atoms with E-state index in [1.54, 1.807) is 12.1 Å². The summed E-state index contributed by atoms with van der Waals surface area (Å²) in [4.78, 5) is 13.3. The van der Waals surface area contributed by atoms with Crippen LogP contribution in [-0.4, -0.2) is 15.0 Å². The van der Waals surface area contributed by atoms with Crippen molar-refractivity contribution in [3.8, 4) is 0 Å². The molecule has 0 atom stereocenters. The molecule has 0 amide bonds. The molecule has 2 N–H and O–H groups in total. The fourth-order valence-corrected chi connectivity index (χ4v) is 2.58. The monoisotopic (exact) mass is 284 g/mol. The molecule has 0 aliphatic carbocycles. The number of nitrogens with zero attached hydrogens (tertiary/aromatic N) is 3. The van der Waals surface area contributed by atoms with Crippen LogP contribution in [0, 0.1) is 0 Å². The van der Waals surface area contributed by atoms with Gasteiger partial charge in [-0.15, -0.1) is 16.9 Å². The summed E-state index contributed by atoms with van der Waals surface area (Å²) in [5.41, 5.74) is 6.84. The normalized spacial score (nSPS) is 10.8. The molecule has 100 valence electrons. The fraction of sp³-hybridized carbons (Fsp3) is 0.0714. The van der Waals surface area contributed by atoms with Gasteiger partial charge in [-0.25, -0.2) is 4.68 Å². The van der Waals surface area contributed by atoms with Gasteiger partial charge in [0.25, 0.3) is 5.56 Å². The van der Waals surface area contributed by atoms with Crippen LogP contribution in [0.25, 0.3) is 10.9 Å². The van der Waals surface area contributed by atoms with Crippen LogP contribution >= 0.6 is 11.8 Å². The van der Waals surface area contributed by atoms with E-state index in [-0.39, 0.29) is 5.56 Å². The van der Waals surface area contributed by atoms with Crippen molar-refractivity contribution < 1.29 is 0 Å². The van der Waals surface area contributed by atoms with Crippen molar-refractivity contribution in [2.45, 2.75) is 10.8 Å². The maximum absolute atomic E-state index is 12.2. The Kier molecular flexibility index (Phi) is 3.39. The highest BCUT2D eigenvalue weighted by Gasteiger charge is 2.05. The molecule has 6 heteroatoms. The van der Waals surface area contributed by atoms with Crippen LogP contribution in [0.15, 0.2) is 58.2 Å². The van der Waals surface area contributed by atoms with E-state index in [9.17, 15) is 4.79 Å². The Labute approximate surface area is 119 Å². The molecule has 0 aliphatic heterocycles. The molecule has 1 aromatic heterocycles. The second kappa shape index (κ2) is 5.34. The maximum atomic E-state index is 12.2. The number of fused-ring (bicyclic) bond motifs is 1. The summed E-state index contributed by atoms with van der Waals surface area (Å²) >= 11 is 1.51. The minimum absolute atomic E-state index is 0.126. The summed E-state index contributed by atoms with van der Waals surface area (Å²) in [6, 6.07) is 14.7. The van der Waals surface area contributed by atoms with E-state index in [1.165, 1.54) is 16.4 Å². The molecule has 0 radical (unpaired) electrons. The molecule has 0 spiro atoms. The third kappa shape index (κ3) is 2.50. The average Bonchev–Trinajstić information content (AvgIpc) is 2.49. The number of benzene rings is 2. The van der Waals surface area contributed by atoms with E-state index < -0.39 is 0 Å². The van der Waals surface area contributed by atoms with Crippen LogP contribution in [0.3, 0.4) is 0 Å². The number of anilines is 1. The van der Waals surface area contributed by atoms with E-state index in [2.05, 4.69) is 10.3 Å².